The number of nitrogens with zero attached hydrogens (tertiary/aromatic N) is 1. The monoisotopic (exact) mass is 325 g/mol. The molecular weight excluding hydrogens is 312 g/mol. The number of carbonyl (C=O) groups is 1. The van der Waals surface area contributed by atoms with E-state index in [9.17, 15) is 13.6 Å². The van der Waals surface area contributed by atoms with E-state index < -0.39 is 22.9 Å². The number of allylic oxidation sites excluding steroid dienone is 1. The fourth-order valence-corrected chi connectivity index (χ4v) is 2.36. The van der Waals surface area contributed by atoms with E-state index in [0.717, 1.165) is 17.0 Å². The van der Waals surface area contributed by atoms with Crippen molar-refractivity contribution < 1.29 is 18.3 Å². The molecule has 1 heterocycles. The van der Waals surface area contributed by atoms with Crippen LogP contribution < -0.4 is 4.74 Å². The van der Waals surface area contributed by atoms with Crippen LogP contribution in [-0.4, -0.2) is 29.8 Å². The molecule has 6 heteroatoms. The zero-order chi connectivity index (χ0) is 16.3. The maximum atomic E-state index is 14.2. The number of ether oxygens (including phenoxy) is 1. The Morgan fingerprint density at radius 3 is 2.64 bits per heavy atom. The summed E-state index contributed by atoms with van der Waals surface area (Å²) in [6.45, 7) is 1.68. The van der Waals surface area contributed by atoms with Crippen LogP contribution >= 0.6 is 11.6 Å². The van der Waals surface area contributed by atoms with Crippen molar-refractivity contribution in [2.45, 2.75) is 18.7 Å². The molecule has 0 N–H and O–H groups in total. The second kappa shape index (κ2) is 6.80. The second-order valence-electron chi connectivity index (χ2n) is 4.67. The average molecular weight is 326 g/mol. The van der Waals surface area contributed by atoms with Crippen molar-refractivity contribution >= 4 is 23.2 Å². The van der Waals surface area contributed by atoms with Crippen LogP contribution in [0.15, 0.2) is 18.2 Å². The van der Waals surface area contributed by atoms with E-state index in [1.54, 1.807) is 13.0 Å². The Labute approximate surface area is 132 Å². The van der Waals surface area contributed by atoms with Gasteiger partial charge in [-0.2, -0.15) is 0 Å². The Balaban J connectivity index is 2.36. The molecule has 3 nitrogen and oxygen atoms in total. The van der Waals surface area contributed by atoms with Gasteiger partial charge in [-0.05, 0) is 13.3 Å². The summed E-state index contributed by atoms with van der Waals surface area (Å²) >= 11 is 5.83. The molecule has 0 saturated carbocycles. The minimum atomic E-state index is -0.807. The number of rotatable bonds is 3. The van der Waals surface area contributed by atoms with Gasteiger partial charge in [0.15, 0.2) is 0 Å². The number of hydrogen-bond donors (Lipinski definition) is 0. The predicted octanol–water partition coefficient (Wildman–Crippen LogP) is 3.18. The van der Waals surface area contributed by atoms with Crippen molar-refractivity contribution in [3.05, 3.63) is 35.4 Å². The molecule has 0 saturated heterocycles. The largest absolute Gasteiger partial charge is 0.481 e. The number of alkyl halides is 1. The first-order chi connectivity index (χ1) is 10.5. The first-order valence-corrected chi connectivity index (χ1v) is 7.03. The lowest BCUT2D eigenvalue weighted by atomic mass is 10.0. The normalized spacial score (nSPS) is 17.7. The highest BCUT2D eigenvalue weighted by Crippen LogP contribution is 2.32. The molecule has 1 unspecified atom stereocenters. The molecule has 0 bridgehead atoms. The maximum absolute atomic E-state index is 14.2. The summed E-state index contributed by atoms with van der Waals surface area (Å²) < 4.78 is 33.6. The highest BCUT2D eigenvalue weighted by molar-refractivity contribution is 6.31. The van der Waals surface area contributed by atoms with Crippen LogP contribution in [0, 0.1) is 23.5 Å². The van der Waals surface area contributed by atoms with Gasteiger partial charge in [0.05, 0.1) is 11.3 Å². The minimum absolute atomic E-state index is 0.0436. The standard InChI is InChI=1S/C16H14ClF2NO2/c1-3-4-7-22-10-8-12(18)15(13(19)9-10)14-6-5-11(17)16(21)20(14)2/h6,8-9,11H,5,7H2,1-2H3. The molecule has 1 aliphatic heterocycles. The topological polar surface area (TPSA) is 29.5 Å². The van der Waals surface area contributed by atoms with Crippen LogP contribution in [0.3, 0.4) is 0 Å². The highest BCUT2D eigenvalue weighted by atomic mass is 35.5. The molecular formula is C16H14ClF2NO2. The lowest BCUT2D eigenvalue weighted by molar-refractivity contribution is -0.126. The van der Waals surface area contributed by atoms with E-state index in [1.165, 1.54) is 7.05 Å². The van der Waals surface area contributed by atoms with E-state index in [0.29, 0.717) is 0 Å². The second-order valence-corrected chi connectivity index (χ2v) is 5.19. The molecule has 0 aromatic heterocycles. The zero-order valence-electron chi connectivity index (χ0n) is 12.1. The molecule has 1 aromatic carbocycles. The lowest BCUT2D eigenvalue weighted by Crippen LogP contribution is -2.36. The third-order valence-electron chi connectivity index (χ3n) is 3.24. The van der Waals surface area contributed by atoms with Gasteiger partial charge in [-0.25, -0.2) is 8.78 Å². The smallest absolute Gasteiger partial charge is 0.245 e. The van der Waals surface area contributed by atoms with Crippen LogP contribution in [0.4, 0.5) is 8.78 Å². The molecule has 2 rings (SSSR count). The summed E-state index contributed by atoms with van der Waals surface area (Å²) in [5.41, 5.74) is -0.106. The van der Waals surface area contributed by atoms with Crippen molar-refractivity contribution in [1.82, 2.24) is 4.90 Å². The molecule has 0 aliphatic carbocycles. The van der Waals surface area contributed by atoms with Crippen molar-refractivity contribution in [2.24, 2.45) is 0 Å². The van der Waals surface area contributed by atoms with E-state index in [2.05, 4.69) is 11.8 Å². The fourth-order valence-electron chi connectivity index (χ4n) is 2.12. The van der Waals surface area contributed by atoms with Crippen LogP contribution in [-0.2, 0) is 4.79 Å². The minimum Gasteiger partial charge on any atom is -0.481 e. The number of carbonyl (C=O) groups excluding carboxylic acids is 1. The van der Waals surface area contributed by atoms with Gasteiger partial charge in [0.2, 0.25) is 5.91 Å². The quantitative estimate of drug-likeness (QED) is 0.631. The SMILES string of the molecule is CC#CCOc1cc(F)c(C2=CCC(Cl)C(=O)N2C)c(F)c1. The summed E-state index contributed by atoms with van der Waals surface area (Å²) in [7, 11) is 1.43. The van der Waals surface area contributed by atoms with Gasteiger partial charge >= 0.3 is 0 Å². The molecule has 0 radical (unpaired) electrons. The van der Waals surface area contributed by atoms with Gasteiger partial charge in [-0.1, -0.05) is 12.0 Å². The average Bonchev–Trinajstić information content (AvgIpc) is 2.47. The fraction of sp³-hybridized carbons (Fsp3) is 0.312. The Hall–Kier alpha value is -2.06. The third-order valence-corrected chi connectivity index (χ3v) is 3.60. The molecule has 1 atom stereocenters. The van der Waals surface area contributed by atoms with E-state index in [-0.39, 0.29) is 30.0 Å². The van der Waals surface area contributed by atoms with Gasteiger partial charge in [-0.3, -0.25) is 4.79 Å². The summed E-state index contributed by atoms with van der Waals surface area (Å²) in [5.74, 6) is 3.29. The summed E-state index contributed by atoms with van der Waals surface area (Å²) in [6, 6.07) is 2.14. The molecule has 0 spiro atoms. The van der Waals surface area contributed by atoms with Crippen LogP contribution in [0.1, 0.15) is 18.9 Å². The van der Waals surface area contributed by atoms with Crippen molar-refractivity contribution in [3.8, 4) is 17.6 Å². The van der Waals surface area contributed by atoms with Crippen LogP contribution in [0.2, 0.25) is 0 Å². The van der Waals surface area contributed by atoms with Crippen molar-refractivity contribution in [2.75, 3.05) is 13.7 Å². The molecule has 1 aliphatic rings. The molecule has 0 fully saturated rings. The van der Waals surface area contributed by atoms with Gasteiger partial charge in [-0.15, -0.1) is 17.5 Å². The number of hydrogen-bond acceptors (Lipinski definition) is 2. The molecule has 22 heavy (non-hydrogen) atoms. The Kier molecular flexibility index (Phi) is 5.04. The Morgan fingerprint density at radius 2 is 2.05 bits per heavy atom. The first-order valence-electron chi connectivity index (χ1n) is 6.59. The van der Waals surface area contributed by atoms with Gasteiger partial charge in [0.1, 0.15) is 29.4 Å². The first kappa shape index (κ1) is 16.3. The van der Waals surface area contributed by atoms with Gasteiger partial charge in [0, 0.05) is 19.2 Å². The van der Waals surface area contributed by atoms with E-state index >= 15 is 0 Å². The van der Waals surface area contributed by atoms with Crippen molar-refractivity contribution in [1.29, 1.82) is 0 Å². The Morgan fingerprint density at radius 1 is 1.41 bits per heavy atom. The summed E-state index contributed by atoms with van der Waals surface area (Å²) in [6.07, 6.45) is 1.77. The Bertz CT molecular complexity index is 668. The van der Waals surface area contributed by atoms with Crippen LogP contribution in [0.5, 0.6) is 5.75 Å². The lowest BCUT2D eigenvalue weighted by Gasteiger charge is -2.28. The highest BCUT2D eigenvalue weighted by Gasteiger charge is 2.30. The predicted molar refractivity (Wildman–Crippen MR) is 80.3 cm³/mol. The zero-order valence-corrected chi connectivity index (χ0v) is 12.9. The van der Waals surface area contributed by atoms with Crippen molar-refractivity contribution in [3.63, 3.8) is 0 Å². The van der Waals surface area contributed by atoms with Crippen LogP contribution in [0.25, 0.3) is 5.70 Å². The molecule has 1 amide bonds. The number of benzene rings is 1. The molecule has 116 valence electrons. The van der Waals surface area contributed by atoms with Gasteiger partial charge < -0.3 is 9.64 Å². The number of amides is 1. The summed E-state index contributed by atoms with van der Waals surface area (Å²) in [4.78, 5) is 13.0. The summed E-state index contributed by atoms with van der Waals surface area (Å²) in [5, 5.41) is -0.713. The van der Waals surface area contributed by atoms with E-state index in [1.807, 2.05) is 0 Å². The maximum Gasteiger partial charge on any atom is 0.245 e. The van der Waals surface area contributed by atoms with Gasteiger partial charge in [0.25, 0.3) is 0 Å². The number of halogens is 3. The molecule has 1 aromatic rings. The third kappa shape index (κ3) is 3.23. The van der Waals surface area contributed by atoms with E-state index in [4.69, 9.17) is 16.3 Å².